The molecule has 0 amide bonds. The quantitative estimate of drug-likeness (QED) is 0.350. The summed E-state index contributed by atoms with van der Waals surface area (Å²) >= 11 is 0. The predicted molar refractivity (Wildman–Crippen MR) is 92.1 cm³/mol. The van der Waals surface area contributed by atoms with Crippen LogP contribution in [0.4, 0.5) is 35.1 Å². The zero-order chi connectivity index (χ0) is 24.5. The van der Waals surface area contributed by atoms with Crippen molar-refractivity contribution in [2.45, 2.75) is 34.5 Å². The molecule has 0 bridgehead atoms. The Morgan fingerprint density at radius 1 is 0.719 bits per heavy atom. The Hall–Kier alpha value is -2.04. The van der Waals surface area contributed by atoms with Crippen molar-refractivity contribution in [1.82, 2.24) is 0 Å². The minimum Gasteiger partial charge on any atom is -0.260 e. The molecule has 180 valence electrons. The van der Waals surface area contributed by atoms with Crippen LogP contribution < -0.4 is 0 Å². The van der Waals surface area contributed by atoms with Crippen LogP contribution in [0.1, 0.15) is 0 Å². The molecule has 2 rings (SSSR count). The van der Waals surface area contributed by atoms with Crippen molar-refractivity contribution in [3.8, 4) is 0 Å². The van der Waals surface area contributed by atoms with Crippen molar-refractivity contribution in [2.24, 2.45) is 0 Å². The third-order valence-electron chi connectivity index (χ3n) is 3.81. The molecule has 0 spiro atoms. The van der Waals surface area contributed by atoms with E-state index in [0.717, 1.165) is 12.1 Å². The van der Waals surface area contributed by atoms with Crippen LogP contribution in [0.25, 0.3) is 10.8 Å². The maximum atomic E-state index is 13.1. The molecule has 0 saturated heterocycles. The van der Waals surface area contributed by atoms with Crippen LogP contribution in [0.2, 0.25) is 0 Å². The van der Waals surface area contributed by atoms with Gasteiger partial charge >= 0.3 is 24.7 Å². The van der Waals surface area contributed by atoms with Crippen molar-refractivity contribution in [2.75, 3.05) is 13.2 Å². The van der Waals surface area contributed by atoms with Crippen LogP contribution in [-0.4, -0.2) is 54.7 Å². The van der Waals surface area contributed by atoms with Crippen molar-refractivity contribution in [1.29, 1.82) is 0 Å². The van der Waals surface area contributed by atoms with E-state index in [1.54, 1.807) is 0 Å². The second-order valence-corrected chi connectivity index (χ2v) is 9.31. The largest absolute Gasteiger partial charge is 0.331 e. The molecule has 0 aliphatic rings. The fraction of sp³-hybridized carbons (Fsp3) is 0.375. The first-order valence-electron chi connectivity index (χ1n) is 8.14. The zero-order valence-corrected chi connectivity index (χ0v) is 17.0. The summed E-state index contributed by atoms with van der Waals surface area (Å²) in [5.74, 6) is -9.87. The summed E-state index contributed by atoms with van der Waals surface area (Å²) in [4.78, 5) is -2.80. The molecule has 32 heavy (non-hydrogen) atoms. The van der Waals surface area contributed by atoms with Gasteiger partial charge in [0.15, 0.2) is 0 Å². The van der Waals surface area contributed by atoms with E-state index in [4.69, 9.17) is 0 Å². The molecule has 6 nitrogen and oxygen atoms in total. The fourth-order valence-electron chi connectivity index (χ4n) is 2.24. The number of hydrogen-bond acceptors (Lipinski definition) is 6. The van der Waals surface area contributed by atoms with Gasteiger partial charge in [-0.1, -0.05) is 30.3 Å². The van der Waals surface area contributed by atoms with Gasteiger partial charge < -0.3 is 0 Å². The Labute approximate surface area is 176 Å². The smallest absolute Gasteiger partial charge is 0.260 e. The highest BCUT2D eigenvalue weighted by Gasteiger charge is 2.45. The van der Waals surface area contributed by atoms with Gasteiger partial charge in [-0.15, -0.1) is 0 Å². The molecule has 0 aliphatic carbocycles. The summed E-state index contributed by atoms with van der Waals surface area (Å²) in [6, 6.07) is 6.24. The number of rotatable bonds is 10. The first-order chi connectivity index (χ1) is 14.5. The van der Waals surface area contributed by atoms with Gasteiger partial charge in [0, 0.05) is 5.39 Å². The van der Waals surface area contributed by atoms with Gasteiger partial charge in [0.1, 0.15) is 23.0 Å². The maximum Gasteiger partial charge on any atom is 0.331 e. The molecule has 0 fully saturated rings. The van der Waals surface area contributed by atoms with E-state index in [1.165, 1.54) is 18.2 Å². The first-order valence-corrected chi connectivity index (χ1v) is 11.0. The second-order valence-electron chi connectivity index (χ2n) is 6.17. The molecule has 2 aromatic carbocycles. The normalized spacial score (nSPS) is 13.9. The van der Waals surface area contributed by atoms with Crippen LogP contribution in [0.3, 0.4) is 0 Å². The molecule has 0 unspecified atom stereocenters. The SMILES string of the molecule is O=S(=O)(OCC(F)(F)C(F)F)c1ccc2ccccc2c1S(=O)(=O)OCC(F)(F)C(F)F. The lowest BCUT2D eigenvalue weighted by atomic mass is 10.1. The number of fused-ring (bicyclic) bond motifs is 1. The Morgan fingerprint density at radius 2 is 1.19 bits per heavy atom. The summed E-state index contributed by atoms with van der Waals surface area (Å²) in [5, 5.41) is -0.495. The Balaban J connectivity index is 2.60. The zero-order valence-electron chi connectivity index (χ0n) is 15.3. The van der Waals surface area contributed by atoms with E-state index in [2.05, 4.69) is 8.37 Å². The van der Waals surface area contributed by atoms with E-state index in [-0.39, 0.29) is 5.39 Å². The number of benzene rings is 2. The average molecular weight is 516 g/mol. The van der Waals surface area contributed by atoms with Gasteiger partial charge in [-0.05, 0) is 11.5 Å². The minimum absolute atomic E-state index is 0.00726. The van der Waals surface area contributed by atoms with E-state index < -0.39 is 73.3 Å². The van der Waals surface area contributed by atoms with E-state index in [9.17, 15) is 52.0 Å². The molecule has 0 aliphatic heterocycles. The summed E-state index contributed by atoms with van der Waals surface area (Å²) in [6.07, 6.45) is -8.65. The van der Waals surface area contributed by atoms with Gasteiger partial charge in [0.2, 0.25) is 0 Å². The lowest BCUT2D eigenvalue weighted by Gasteiger charge is -2.18. The second kappa shape index (κ2) is 9.07. The highest BCUT2D eigenvalue weighted by Crippen LogP contribution is 2.34. The topological polar surface area (TPSA) is 86.7 Å². The molecule has 0 radical (unpaired) electrons. The third kappa shape index (κ3) is 5.65. The standard InChI is InChI=1S/C16H12F8O6S2/c17-13(18)15(21,22)7-29-31(25,26)11-6-5-9-3-1-2-4-10(9)12(11)32(27,28)30-8-16(23,24)14(19)20/h1-6,13-14H,7-8H2. The molecule has 2 aromatic rings. The lowest BCUT2D eigenvalue weighted by molar-refractivity contribution is -0.147. The number of hydrogen-bond donors (Lipinski definition) is 0. The molecular weight excluding hydrogens is 504 g/mol. The first kappa shape index (κ1) is 26.2. The molecule has 0 saturated carbocycles. The van der Waals surface area contributed by atoms with E-state index in [0.29, 0.717) is 6.07 Å². The minimum atomic E-state index is -5.55. The summed E-state index contributed by atoms with van der Waals surface area (Å²) in [5.41, 5.74) is 0. The third-order valence-corrected chi connectivity index (χ3v) is 6.62. The average Bonchev–Trinajstić information content (AvgIpc) is 2.70. The summed E-state index contributed by atoms with van der Waals surface area (Å²) < 4.78 is 159. The van der Waals surface area contributed by atoms with Crippen LogP contribution in [0, 0.1) is 0 Å². The van der Waals surface area contributed by atoms with Gasteiger partial charge in [-0.2, -0.15) is 34.4 Å². The Bertz CT molecular complexity index is 1180. The van der Waals surface area contributed by atoms with E-state index in [1.807, 2.05) is 0 Å². The van der Waals surface area contributed by atoms with Crippen molar-refractivity contribution in [3.05, 3.63) is 36.4 Å². The molecule has 0 N–H and O–H groups in total. The summed E-state index contributed by atoms with van der Waals surface area (Å²) in [7, 11) is -11.1. The molecule has 16 heteroatoms. The monoisotopic (exact) mass is 516 g/mol. The van der Waals surface area contributed by atoms with Crippen molar-refractivity contribution in [3.63, 3.8) is 0 Å². The van der Waals surface area contributed by atoms with Gasteiger partial charge in [-0.3, -0.25) is 8.37 Å². The Morgan fingerprint density at radius 3 is 1.69 bits per heavy atom. The molecule has 0 aromatic heterocycles. The lowest BCUT2D eigenvalue weighted by Crippen LogP contribution is -2.34. The van der Waals surface area contributed by atoms with E-state index >= 15 is 0 Å². The Kier molecular flexibility index (Phi) is 7.43. The van der Waals surface area contributed by atoms with Crippen LogP contribution in [0.5, 0.6) is 0 Å². The van der Waals surface area contributed by atoms with Crippen LogP contribution in [0.15, 0.2) is 46.2 Å². The number of halogens is 8. The molecule has 0 heterocycles. The highest BCUT2D eigenvalue weighted by atomic mass is 32.2. The highest BCUT2D eigenvalue weighted by molar-refractivity contribution is 7.90. The fourth-order valence-corrected chi connectivity index (χ4v) is 5.06. The predicted octanol–water partition coefficient (Wildman–Crippen LogP) is 4.05. The van der Waals surface area contributed by atoms with Gasteiger partial charge in [0.25, 0.3) is 20.2 Å². The summed E-state index contributed by atoms with van der Waals surface area (Å²) in [6.45, 7) is -4.75. The van der Waals surface area contributed by atoms with Crippen LogP contribution in [-0.2, 0) is 28.6 Å². The van der Waals surface area contributed by atoms with Gasteiger partial charge in [0.05, 0.1) is 0 Å². The molecular formula is C16H12F8O6S2. The van der Waals surface area contributed by atoms with Gasteiger partial charge in [-0.25, -0.2) is 17.6 Å². The number of alkyl halides is 8. The molecule has 0 atom stereocenters. The van der Waals surface area contributed by atoms with Crippen molar-refractivity contribution >= 4 is 31.0 Å². The van der Waals surface area contributed by atoms with Crippen LogP contribution >= 0.6 is 0 Å². The maximum absolute atomic E-state index is 13.1. The van der Waals surface area contributed by atoms with Crippen molar-refractivity contribution < 1.29 is 60.3 Å².